The highest BCUT2D eigenvalue weighted by atomic mass is 15.2. The molecule has 2 fully saturated rings. The number of fused-ring (bicyclic) bond motifs is 1. The number of aryl methyl sites for hydroxylation is 1. The highest BCUT2D eigenvalue weighted by Crippen LogP contribution is 2.38. The Morgan fingerprint density at radius 3 is 2.55 bits per heavy atom. The monoisotopic (exact) mass is 274 g/mol. The van der Waals surface area contributed by atoms with Gasteiger partial charge in [0.05, 0.1) is 0 Å². The Kier molecular flexibility index (Phi) is 3.81. The molecule has 4 nitrogen and oxygen atoms in total. The highest BCUT2D eigenvalue weighted by Gasteiger charge is 2.32. The molecule has 1 aromatic heterocycles. The van der Waals surface area contributed by atoms with Gasteiger partial charge in [0.15, 0.2) is 0 Å². The summed E-state index contributed by atoms with van der Waals surface area (Å²) in [6.07, 6.45) is 7.04. The van der Waals surface area contributed by atoms with Gasteiger partial charge in [-0.05, 0) is 38.5 Å². The fourth-order valence-electron chi connectivity index (χ4n) is 3.96. The van der Waals surface area contributed by atoms with Crippen molar-refractivity contribution in [3.05, 3.63) is 11.4 Å². The van der Waals surface area contributed by atoms with Gasteiger partial charge in [0.2, 0.25) is 0 Å². The number of hydrogen-bond acceptors (Lipinski definition) is 4. The molecule has 0 spiro atoms. The molecule has 4 heteroatoms. The molecule has 110 valence electrons. The number of nitrogens with zero attached hydrogens (tertiary/aromatic N) is 3. The smallest absolute Gasteiger partial charge is 0.137 e. The molecule has 2 atom stereocenters. The Bertz CT molecular complexity index is 486. The zero-order chi connectivity index (χ0) is 14.1. The summed E-state index contributed by atoms with van der Waals surface area (Å²) in [6.45, 7) is 6.46. The third kappa shape index (κ3) is 2.48. The van der Waals surface area contributed by atoms with Gasteiger partial charge in [0.25, 0.3) is 0 Å². The fraction of sp³-hybridized carbons (Fsp3) is 0.750. The van der Waals surface area contributed by atoms with Gasteiger partial charge in [-0.2, -0.15) is 0 Å². The van der Waals surface area contributed by atoms with Crippen LogP contribution >= 0.6 is 0 Å². The molecular weight excluding hydrogens is 248 g/mol. The van der Waals surface area contributed by atoms with Crippen molar-refractivity contribution in [3.8, 4) is 0 Å². The molecule has 0 aromatic carbocycles. The summed E-state index contributed by atoms with van der Waals surface area (Å²) in [4.78, 5) is 11.7. The van der Waals surface area contributed by atoms with Crippen LogP contribution in [0.2, 0.25) is 0 Å². The summed E-state index contributed by atoms with van der Waals surface area (Å²) in [5.41, 5.74) is 1.19. The molecule has 1 saturated carbocycles. The zero-order valence-corrected chi connectivity index (χ0v) is 12.9. The molecule has 1 aliphatic heterocycles. The maximum Gasteiger partial charge on any atom is 0.137 e. The molecule has 3 rings (SSSR count). The number of nitrogens with one attached hydrogen (secondary N) is 1. The van der Waals surface area contributed by atoms with Crippen LogP contribution in [0.4, 0.5) is 11.6 Å². The topological polar surface area (TPSA) is 41.1 Å². The van der Waals surface area contributed by atoms with E-state index in [1.165, 1.54) is 44.2 Å². The maximum absolute atomic E-state index is 4.72. The number of piperidine rings is 1. The minimum atomic E-state index is 0.862. The lowest BCUT2D eigenvalue weighted by molar-refractivity contribution is 0.202. The van der Waals surface area contributed by atoms with E-state index in [2.05, 4.69) is 22.1 Å². The van der Waals surface area contributed by atoms with E-state index >= 15 is 0 Å². The summed E-state index contributed by atoms with van der Waals surface area (Å²) in [5, 5.41) is 3.19. The number of rotatable bonds is 2. The lowest BCUT2D eigenvalue weighted by Crippen LogP contribution is -2.42. The standard InChI is InChI=1S/C16H26N4/c1-11-15(17-3)18-12(2)19-16(11)20-9-8-13-6-4-5-7-14(13)10-20/h13-14H,4-10H2,1-3H3,(H,17,18,19). The Hall–Kier alpha value is -1.32. The van der Waals surface area contributed by atoms with Crippen LogP contribution in [0.5, 0.6) is 0 Å². The van der Waals surface area contributed by atoms with Crippen molar-refractivity contribution >= 4 is 11.6 Å². The molecule has 1 aliphatic carbocycles. The summed E-state index contributed by atoms with van der Waals surface area (Å²) < 4.78 is 0. The third-order valence-corrected chi connectivity index (χ3v) is 5.06. The minimum Gasteiger partial charge on any atom is -0.373 e. The summed E-state index contributed by atoms with van der Waals surface area (Å²) in [5.74, 6) is 4.82. The van der Waals surface area contributed by atoms with Crippen LogP contribution in [0.15, 0.2) is 0 Å². The van der Waals surface area contributed by atoms with Crippen molar-refractivity contribution in [3.63, 3.8) is 0 Å². The van der Waals surface area contributed by atoms with Crippen LogP contribution in [-0.4, -0.2) is 30.1 Å². The zero-order valence-electron chi connectivity index (χ0n) is 12.9. The Morgan fingerprint density at radius 1 is 1.05 bits per heavy atom. The second kappa shape index (κ2) is 5.58. The van der Waals surface area contributed by atoms with E-state index in [9.17, 15) is 0 Å². The summed E-state index contributed by atoms with van der Waals surface area (Å²) in [7, 11) is 1.94. The minimum absolute atomic E-state index is 0.862. The first-order valence-corrected chi connectivity index (χ1v) is 7.97. The largest absolute Gasteiger partial charge is 0.373 e. The van der Waals surface area contributed by atoms with E-state index in [1.54, 1.807) is 0 Å². The Morgan fingerprint density at radius 2 is 1.80 bits per heavy atom. The predicted octanol–water partition coefficient (Wildman–Crippen LogP) is 3.15. The lowest BCUT2D eigenvalue weighted by Gasteiger charge is -2.42. The van der Waals surface area contributed by atoms with Crippen molar-refractivity contribution < 1.29 is 0 Å². The van der Waals surface area contributed by atoms with E-state index < -0.39 is 0 Å². The van der Waals surface area contributed by atoms with E-state index in [0.29, 0.717) is 0 Å². The van der Waals surface area contributed by atoms with E-state index in [4.69, 9.17) is 4.98 Å². The SMILES string of the molecule is CNc1nc(C)nc(N2CCC3CCCCC3C2)c1C. The molecule has 1 aromatic rings. The van der Waals surface area contributed by atoms with Crippen molar-refractivity contribution in [2.75, 3.05) is 30.4 Å². The predicted molar refractivity (Wildman–Crippen MR) is 83.3 cm³/mol. The van der Waals surface area contributed by atoms with Gasteiger partial charge in [-0.1, -0.05) is 19.3 Å². The van der Waals surface area contributed by atoms with Crippen LogP contribution in [0.1, 0.15) is 43.5 Å². The Balaban J connectivity index is 1.84. The average Bonchev–Trinajstić information content (AvgIpc) is 2.48. The molecule has 0 amide bonds. The molecular formula is C16H26N4. The fourth-order valence-corrected chi connectivity index (χ4v) is 3.96. The van der Waals surface area contributed by atoms with Crippen LogP contribution < -0.4 is 10.2 Å². The number of hydrogen-bond donors (Lipinski definition) is 1. The van der Waals surface area contributed by atoms with Crippen LogP contribution in [0.25, 0.3) is 0 Å². The van der Waals surface area contributed by atoms with E-state index in [-0.39, 0.29) is 0 Å². The molecule has 0 radical (unpaired) electrons. The van der Waals surface area contributed by atoms with Crippen LogP contribution in [0.3, 0.4) is 0 Å². The van der Waals surface area contributed by atoms with Crippen molar-refractivity contribution in [1.82, 2.24) is 9.97 Å². The molecule has 1 saturated heterocycles. The average molecular weight is 274 g/mol. The van der Waals surface area contributed by atoms with Crippen molar-refractivity contribution in [2.45, 2.75) is 46.0 Å². The van der Waals surface area contributed by atoms with Gasteiger partial charge >= 0.3 is 0 Å². The molecule has 0 bridgehead atoms. The second-order valence-corrected chi connectivity index (χ2v) is 6.36. The van der Waals surface area contributed by atoms with Crippen molar-refractivity contribution in [1.29, 1.82) is 0 Å². The first-order valence-electron chi connectivity index (χ1n) is 7.97. The quantitative estimate of drug-likeness (QED) is 0.899. The molecule has 1 N–H and O–H groups in total. The van der Waals surface area contributed by atoms with Gasteiger partial charge in [0.1, 0.15) is 17.5 Å². The molecule has 2 unspecified atom stereocenters. The van der Waals surface area contributed by atoms with E-state index in [0.717, 1.165) is 35.8 Å². The summed E-state index contributed by atoms with van der Waals surface area (Å²) in [6, 6.07) is 0. The molecule has 2 heterocycles. The Labute approximate surface area is 122 Å². The first kappa shape index (κ1) is 13.7. The number of anilines is 2. The highest BCUT2D eigenvalue weighted by molar-refractivity contribution is 5.58. The normalized spacial score (nSPS) is 26.2. The lowest BCUT2D eigenvalue weighted by atomic mass is 9.75. The maximum atomic E-state index is 4.72. The molecule has 2 aliphatic rings. The van der Waals surface area contributed by atoms with Crippen molar-refractivity contribution in [2.24, 2.45) is 11.8 Å². The third-order valence-electron chi connectivity index (χ3n) is 5.06. The second-order valence-electron chi connectivity index (χ2n) is 6.36. The van der Waals surface area contributed by atoms with Gasteiger partial charge in [0, 0.05) is 25.7 Å². The van der Waals surface area contributed by atoms with Gasteiger partial charge in [-0.25, -0.2) is 9.97 Å². The van der Waals surface area contributed by atoms with Gasteiger partial charge in [-0.3, -0.25) is 0 Å². The number of aromatic nitrogens is 2. The van der Waals surface area contributed by atoms with Crippen LogP contribution in [-0.2, 0) is 0 Å². The van der Waals surface area contributed by atoms with Gasteiger partial charge < -0.3 is 10.2 Å². The van der Waals surface area contributed by atoms with Crippen LogP contribution in [0, 0.1) is 25.7 Å². The first-order chi connectivity index (χ1) is 9.69. The summed E-state index contributed by atoms with van der Waals surface area (Å²) >= 11 is 0. The van der Waals surface area contributed by atoms with Gasteiger partial charge in [-0.15, -0.1) is 0 Å². The van der Waals surface area contributed by atoms with E-state index in [1.807, 2.05) is 14.0 Å². The molecule has 20 heavy (non-hydrogen) atoms.